The van der Waals surface area contributed by atoms with Crippen molar-refractivity contribution in [3.05, 3.63) is 16.1 Å². The second-order valence-electron chi connectivity index (χ2n) is 5.10. The lowest BCUT2D eigenvalue weighted by Crippen LogP contribution is -2.15. The number of thiazole rings is 1. The Morgan fingerprint density at radius 3 is 2.45 bits per heavy atom. The Morgan fingerprint density at radius 1 is 1.20 bits per heavy atom. The van der Waals surface area contributed by atoms with Gasteiger partial charge in [-0.2, -0.15) is 0 Å². The number of nitrogens with zero attached hydrogens (tertiary/aromatic N) is 1. The molecule has 0 aliphatic heterocycles. The molecule has 20 heavy (non-hydrogen) atoms. The fourth-order valence-corrected chi connectivity index (χ4v) is 2.74. The smallest absolute Gasteiger partial charge is 0.365 e. The van der Waals surface area contributed by atoms with Crippen LogP contribution in [0.2, 0.25) is 0 Å². The predicted octanol–water partition coefficient (Wildman–Crippen LogP) is 4.07. The molecule has 0 amide bonds. The zero-order chi connectivity index (χ0) is 14.6. The number of carboxylic acids is 1. The highest BCUT2D eigenvalue weighted by Crippen LogP contribution is 2.10. The van der Waals surface area contributed by atoms with E-state index in [0.29, 0.717) is 6.54 Å². The van der Waals surface area contributed by atoms with Crippen LogP contribution < -0.4 is 5.32 Å². The number of nitrogens with one attached hydrogen (secondary N) is 1. The van der Waals surface area contributed by atoms with E-state index in [-0.39, 0.29) is 5.01 Å². The highest BCUT2D eigenvalue weighted by molar-refractivity contribution is 7.11. The number of rotatable bonds is 12. The lowest BCUT2D eigenvalue weighted by molar-refractivity contribution is 0.0696. The molecule has 5 heteroatoms. The van der Waals surface area contributed by atoms with Crippen LogP contribution in [0.5, 0.6) is 0 Å². The van der Waals surface area contributed by atoms with Crippen LogP contribution in [0.3, 0.4) is 0 Å². The van der Waals surface area contributed by atoms with Crippen LogP contribution in [0.15, 0.2) is 5.38 Å². The maximum absolute atomic E-state index is 10.7. The van der Waals surface area contributed by atoms with E-state index in [2.05, 4.69) is 17.2 Å². The van der Waals surface area contributed by atoms with E-state index >= 15 is 0 Å². The molecule has 1 heterocycles. The van der Waals surface area contributed by atoms with Crippen LogP contribution in [0, 0.1) is 0 Å². The first kappa shape index (κ1) is 17.1. The van der Waals surface area contributed by atoms with Gasteiger partial charge in [-0.15, -0.1) is 11.3 Å². The van der Waals surface area contributed by atoms with Gasteiger partial charge in [0.05, 0.1) is 5.69 Å². The van der Waals surface area contributed by atoms with E-state index in [4.69, 9.17) is 5.11 Å². The molecule has 0 saturated carbocycles. The van der Waals surface area contributed by atoms with Gasteiger partial charge in [0.15, 0.2) is 0 Å². The van der Waals surface area contributed by atoms with Crippen molar-refractivity contribution in [1.29, 1.82) is 0 Å². The lowest BCUT2D eigenvalue weighted by Gasteiger charge is -2.03. The minimum absolute atomic E-state index is 0.175. The fraction of sp³-hybridized carbons (Fsp3) is 0.733. The molecule has 0 atom stereocenters. The number of hydrogen-bond acceptors (Lipinski definition) is 4. The second kappa shape index (κ2) is 10.8. The van der Waals surface area contributed by atoms with Gasteiger partial charge in [0.1, 0.15) is 0 Å². The Morgan fingerprint density at radius 2 is 1.85 bits per heavy atom. The Hall–Kier alpha value is -0.940. The van der Waals surface area contributed by atoms with Crippen molar-refractivity contribution in [1.82, 2.24) is 10.3 Å². The molecular weight excluding hydrogens is 272 g/mol. The summed E-state index contributed by atoms with van der Waals surface area (Å²) in [4.78, 5) is 14.7. The first-order valence-corrected chi connectivity index (χ1v) is 8.50. The molecule has 1 aromatic heterocycles. The summed E-state index contributed by atoms with van der Waals surface area (Å²) in [5.41, 5.74) is 0.826. The molecule has 0 saturated heterocycles. The van der Waals surface area contributed by atoms with E-state index in [1.54, 1.807) is 0 Å². The maximum atomic E-state index is 10.7. The predicted molar refractivity (Wildman–Crippen MR) is 83.4 cm³/mol. The summed E-state index contributed by atoms with van der Waals surface area (Å²) < 4.78 is 0. The average Bonchev–Trinajstić information content (AvgIpc) is 2.90. The molecule has 1 aromatic rings. The third-order valence-electron chi connectivity index (χ3n) is 3.25. The summed E-state index contributed by atoms with van der Waals surface area (Å²) in [7, 11) is 0. The van der Waals surface area contributed by atoms with Crippen LogP contribution in [0.4, 0.5) is 0 Å². The number of aromatic nitrogens is 1. The monoisotopic (exact) mass is 298 g/mol. The van der Waals surface area contributed by atoms with Crippen molar-refractivity contribution in [3.8, 4) is 0 Å². The Labute approximate surface area is 125 Å². The molecule has 4 nitrogen and oxygen atoms in total. The first-order chi connectivity index (χ1) is 9.74. The van der Waals surface area contributed by atoms with Gasteiger partial charge < -0.3 is 10.4 Å². The van der Waals surface area contributed by atoms with Crippen LogP contribution in [-0.4, -0.2) is 22.6 Å². The first-order valence-electron chi connectivity index (χ1n) is 7.62. The van der Waals surface area contributed by atoms with Crippen molar-refractivity contribution in [2.24, 2.45) is 0 Å². The molecule has 0 fully saturated rings. The molecule has 0 aliphatic rings. The van der Waals surface area contributed by atoms with Crippen molar-refractivity contribution in [3.63, 3.8) is 0 Å². The molecule has 0 unspecified atom stereocenters. The van der Waals surface area contributed by atoms with Gasteiger partial charge in [-0.25, -0.2) is 9.78 Å². The minimum atomic E-state index is -0.940. The van der Waals surface area contributed by atoms with Crippen LogP contribution >= 0.6 is 11.3 Å². The number of carbonyl (C=O) groups is 1. The van der Waals surface area contributed by atoms with Crippen LogP contribution in [-0.2, 0) is 6.54 Å². The normalized spacial score (nSPS) is 10.8. The number of aromatic carboxylic acids is 1. The SMILES string of the molecule is CCCCCCCCCCNCc1csc(C(=O)O)n1. The van der Waals surface area contributed by atoms with E-state index in [9.17, 15) is 4.79 Å². The standard InChI is InChI=1S/C15H26N2O2S/c1-2-3-4-5-6-7-8-9-10-16-11-13-12-20-14(17-13)15(18)19/h12,16H,2-11H2,1H3,(H,18,19). The van der Waals surface area contributed by atoms with E-state index in [1.165, 1.54) is 62.7 Å². The summed E-state index contributed by atoms with van der Waals surface area (Å²) in [6.45, 7) is 3.89. The molecule has 0 spiro atoms. The number of hydrogen-bond donors (Lipinski definition) is 2. The van der Waals surface area contributed by atoms with Gasteiger partial charge in [0.25, 0.3) is 0 Å². The van der Waals surface area contributed by atoms with Gasteiger partial charge in [0.2, 0.25) is 5.01 Å². The highest BCUT2D eigenvalue weighted by Gasteiger charge is 2.07. The molecular formula is C15H26N2O2S. The number of unbranched alkanes of at least 4 members (excludes halogenated alkanes) is 7. The topological polar surface area (TPSA) is 62.2 Å². The van der Waals surface area contributed by atoms with E-state index in [1.807, 2.05) is 5.38 Å². The van der Waals surface area contributed by atoms with Crippen LogP contribution in [0.25, 0.3) is 0 Å². The Kier molecular flexibility index (Phi) is 9.24. The molecule has 0 bridgehead atoms. The second-order valence-corrected chi connectivity index (χ2v) is 5.96. The lowest BCUT2D eigenvalue weighted by atomic mass is 10.1. The Bertz CT molecular complexity index is 380. The van der Waals surface area contributed by atoms with Crippen LogP contribution in [0.1, 0.15) is 73.8 Å². The molecule has 0 radical (unpaired) electrons. The van der Waals surface area contributed by atoms with Crippen molar-refractivity contribution >= 4 is 17.3 Å². The van der Waals surface area contributed by atoms with Gasteiger partial charge in [0, 0.05) is 11.9 Å². The van der Waals surface area contributed by atoms with Gasteiger partial charge in [-0.3, -0.25) is 0 Å². The number of carboxylic acid groups (broad SMARTS) is 1. The fourth-order valence-electron chi connectivity index (χ4n) is 2.09. The summed E-state index contributed by atoms with van der Waals surface area (Å²) >= 11 is 1.19. The molecule has 114 valence electrons. The molecule has 2 N–H and O–H groups in total. The molecule has 1 rings (SSSR count). The summed E-state index contributed by atoms with van der Waals surface area (Å²) in [6, 6.07) is 0. The molecule has 0 aromatic carbocycles. The highest BCUT2D eigenvalue weighted by atomic mass is 32.1. The van der Waals surface area contributed by atoms with Gasteiger partial charge in [-0.1, -0.05) is 51.9 Å². The Balaban J connectivity index is 1.93. The molecule has 0 aliphatic carbocycles. The third-order valence-corrected chi connectivity index (χ3v) is 4.13. The zero-order valence-electron chi connectivity index (χ0n) is 12.4. The quantitative estimate of drug-likeness (QED) is 0.571. The van der Waals surface area contributed by atoms with E-state index in [0.717, 1.165) is 12.2 Å². The van der Waals surface area contributed by atoms with Crippen molar-refractivity contribution < 1.29 is 9.90 Å². The summed E-state index contributed by atoms with van der Waals surface area (Å²) in [5, 5.41) is 14.1. The van der Waals surface area contributed by atoms with Gasteiger partial charge in [-0.05, 0) is 13.0 Å². The average molecular weight is 298 g/mol. The van der Waals surface area contributed by atoms with Crippen molar-refractivity contribution in [2.75, 3.05) is 6.54 Å². The van der Waals surface area contributed by atoms with E-state index < -0.39 is 5.97 Å². The minimum Gasteiger partial charge on any atom is -0.476 e. The maximum Gasteiger partial charge on any atom is 0.365 e. The van der Waals surface area contributed by atoms with Crippen molar-refractivity contribution in [2.45, 2.75) is 64.8 Å². The zero-order valence-corrected chi connectivity index (χ0v) is 13.2. The summed E-state index contributed by atoms with van der Waals surface area (Å²) in [5.74, 6) is -0.940. The third kappa shape index (κ3) is 7.60. The largest absolute Gasteiger partial charge is 0.476 e. The summed E-state index contributed by atoms with van der Waals surface area (Å²) in [6.07, 6.45) is 10.6. The van der Waals surface area contributed by atoms with Gasteiger partial charge >= 0.3 is 5.97 Å².